The first kappa shape index (κ1) is 16.1. The number of nitrogens with zero attached hydrogens (tertiary/aromatic N) is 3. The van der Waals surface area contributed by atoms with Crippen LogP contribution in [0, 0.1) is 0 Å². The summed E-state index contributed by atoms with van der Waals surface area (Å²) in [5.41, 5.74) is 1.35. The van der Waals surface area contributed by atoms with Crippen LogP contribution in [-0.2, 0) is 15.9 Å². The van der Waals surface area contributed by atoms with Gasteiger partial charge in [0.2, 0.25) is 5.95 Å². The Morgan fingerprint density at radius 3 is 2.87 bits per heavy atom. The number of hydrogen-bond acceptors (Lipinski definition) is 6. The average Bonchev–Trinajstić information content (AvgIpc) is 2.62. The number of rotatable bonds is 4. The third kappa shape index (κ3) is 3.97. The zero-order valence-corrected chi connectivity index (χ0v) is 13.6. The zero-order valence-electron chi connectivity index (χ0n) is 13.6. The van der Waals surface area contributed by atoms with Crippen molar-refractivity contribution < 1.29 is 14.3 Å². The summed E-state index contributed by atoms with van der Waals surface area (Å²) >= 11 is 0. The molecule has 3 heterocycles. The van der Waals surface area contributed by atoms with E-state index in [0.717, 1.165) is 38.2 Å². The summed E-state index contributed by atoms with van der Waals surface area (Å²) in [5, 5.41) is 3.03. The van der Waals surface area contributed by atoms with Gasteiger partial charge in [0.15, 0.2) is 0 Å². The first-order valence-corrected chi connectivity index (χ1v) is 8.35. The van der Waals surface area contributed by atoms with Crippen LogP contribution in [0.15, 0.2) is 6.20 Å². The number of morpholine rings is 1. The second kappa shape index (κ2) is 7.70. The monoisotopic (exact) mass is 320 g/mol. The maximum absolute atomic E-state index is 12.5. The van der Waals surface area contributed by atoms with E-state index in [9.17, 15) is 4.79 Å². The summed E-state index contributed by atoms with van der Waals surface area (Å²) in [4.78, 5) is 23.6. The van der Waals surface area contributed by atoms with Crippen molar-refractivity contribution in [1.82, 2.24) is 15.3 Å². The van der Waals surface area contributed by atoms with Gasteiger partial charge in [-0.15, -0.1) is 0 Å². The fourth-order valence-electron chi connectivity index (χ4n) is 2.90. The number of amides is 1. The highest BCUT2D eigenvalue weighted by molar-refractivity contribution is 5.95. The number of anilines is 1. The predicted molar refractivity (Wildman–Crippen MR) is 85.7 cm³/mol. The molecule has 0 aliphatic carbocycles. The first-order chi connectivity index (χ1) is 11.3. The van der Waals surface area contributed by atoms with Crippen molar-refractivity contribution in [2.75, 3.05) is 44.4 Å². The molecule has 7 nitrogen and oxygen atoms in total. The summed E-state index contributed by atoms with van der Waals surface area (Å²) in [5.74, 6) is 0.577. The Labute approximate surface area is 136 Å². The van der Waals surface area contributed by atoms with Crippen molar-refractivity contribution in [1.29, 1.82) is 0 Å². The molecule has 3 rings (SSSR count). The van der Waals surface area contributed by atoms with Crippen LogP contribution in [0.4, 0.5) is 5.95 Å². The highest BCUT2D eigenvalue weighted by Gasteiger charge is 2.21. The highest BCUT2D eigenvalue weighted by atomic mass is 16.5. The molecule has 0 radical (unpaired) electrons. The lowest BCUT2D eigenvalue weighted by Gasteiger charge is -2.27. The zero-order chi connectivity index (χ0) is 16.1. The molecule has 2 aliphatic heterocycles. The lowest BCUT2D eigenvalue weighted by molar-refractivity contribution is 0.0623. The molecule has 126 valence electrons. The van der Waals surface area contributed by atoms with Crippen LogP contribution in [0.25, 0.3) is 0 Å². The van der Waals surface area contributed by atoms with Gasteiger partial charge in [-0.1, -0.05) is 6.92 Å². The van der Waals surface area contributed by atoms with E-state index in [4.69, 9.17) is 9.47 Å². The molecule has 2 aliphatic rings. The molecule has 0 spiro atoms. The molecule has 2 saturated heterocycles. The molecule has 0 unspecified atom stereocenters. The smallest absolute Gasteiger partial charge is 0.255 e. The quantitative estimate of drug-likeness (QED) is 0.884. The van der Waals surface area contributed by atoms with Gasteiger partial charge in [-0.05, 0) is 19.3 Å². The van der Waals surface area contributed by atoms with Gasteiger partial charge in [0, 0.05) is 25.9 Å². The number of carbonyl (C=O) groups excluding carboxylic acids is 1. The summed E-state index contributed by atoms with van der Waals surface area (Å²) in [6, 6.07) is 0.0832. The van der Waals surface area contributed by atoms with E-state index in [0.29, 0.717) is 37.8 Å². The van der Waals surface area contributed by atoms with E-state index in [2.05, 4.69) is 20.2 Å². The van der Waals surface area contributed by atoms with Gasteiger partial charge >= 0.3 is 0 Å². The van der Waals surface area contributed by atoms with Crippen molar-refractivity contribution in [2.45, 2.75) is 32.2 Å². The van der Waals surface area contributed by atoms with Gasteiger partial charge in [-0.3, -0.25) is 4.79 Å². The normalized spacial score (nSPS) is 22.0. The summed E-state index contributed by atoms with van der Waals surface area (Å²) in [6.07, 6.45) is 4.29. The predicted octanol–water partition coefficient (Wildman–Crippen LogP) is 0.784. The number of aryl methyl sites for hydroxylation is 1. The number of nitrogens with one attached hydrogen (secondary N) is 1. The van der Waals surface area contributed by atoms with Crippen molar-refractivity contribution in [3.63, 3.8) is 0 Å². The number of carbonyl (C=O) groups is 1. The van der Waals surface area contributed by atoms with Crippen LogP contribution in [0.3, 0.4) is 0 Å². The van der Waals surface area contributed by atoms with Gasteiger partial charge in [0.25, 0.3) is 5.91 Å². The third-order valence-electron chi connectivity index (χ3n) is 4.22. The van der Waals surface area contributed by atoms with Crippen LogP contribution in [0.2, 0.25) is 0 Å². The average molecular weight is 320 g/mol. The van der Waals surface area contributed by atoms with Gasteiger partial charge in [0.05, 0.1) is 37.1 Å². The van der Waals surface area contributed by atoms with Crippen LogP contribution < -0.4 is 10.2 Å². The Bertz CT molecular complexity index is 540. The molecule has 1 atom stereocenters. The fourth-order valence-corrected chi connectivity index (χ4v) is 2.90. The summed E-state index contributed by atoms with van der Waals surface area (Å²) < 4.78 is 10.8. The summed E-state index contributed by atoms with van der Waals surface area (Å²) in [6.45, 7) is 6.32. The van der Waals surface area contributed by atoms with E-state index in [1.54, 1.807) is 6.20 Å². The molecular formula is C16H24N4O3. The van der Waals surface area contributed by atoms with Crippen molar-refractivity contribution >= 4 is 11.9 Å². The molecule has 2 fully saturated rings. The maximum atomic E-state index is 12.5. The van der Waals surface area contributed by atoms with Crippen LogP contribution in [0.1, 0.15) is 35.8 Å². The number of ether oxygens (including phenoxy) is 2. The lowest BCUT2D eigenvalue weighted by atomic mass is 10.1. The SMILES string of the molecule is CCc1nc(N2CCOCC2)ncc1C(=O)N[C@H]1CCCOC1. The largest absolute Gasteiger partial charge is 0.379 e. The van der Waals surface area contributed by atoms with Gasteiger partial charge in [-0.2, -0.15) is 0 Å². The van der Waals surface area contributed by atoms with E-state index in [1.807, 2.05) is 6.92 Å². The van der Waals surface area contributed by atoms with E-state index >= 15 is 0 Å². The molecule has 23 heavy (non-hydrogen) atoms. The Hall–Kier alpha value is -1.73. The minimum absolute atomic E-state index is 0.0832. The van der Waals surface area contributed by atoms with Gasteiger partial charge in [-0.25, -0.2) is 9.97 Å². The molecule has 0 saturated carbocycles. The molecule has 1 amide bonds. The molecule has 1 aromatic heterocycles. The van der Waals surface area contributed by atoms with Crippen LogP contribution in [-0.4, -0.2) is 61.4 Å². The molecule has 1 N–H and O–H groups in total. The minimum atomic E-state index is -0.106. The van der Waals surface area contributed by atoms with Gasteiger partial charge < -0.3 is 19.7 Å². The molecular weight excluding hydrogens is 296 g/mol. The lowest BCUT2D eigenvalue weighted by Crippen LogP contribution is -2.41. The second-order valence-electron chi connectivity index (χ2n) is 5.87. The summed E-state index contributed by atoms with van der Waals surface area (Å²) in [7, 11) is 0. The first-order valence-electron chi connectivity index (χ1n) is 8.35. The topological polar surface area (TPSA) is 76.6 Å². The van der Waals surface area contributed by atoms with Crippen LogP contribution >= 0.6 is 0 Å². The Balaban J connectivity index is 1.71. The molecule has 0 bridgehead atoms. The van der Waals surface area contributed by atoms with E-state index in [-0.39, 0.29) is 11.9 Å². The molecule has 7 heteroatoms. The van der Waals surface area contributed by atoms with Crippen molar-refractivity contribution in [3.8, 4) is 0 Å². The fraction of sp³-hybridized carbons (Fsp3) is 0.688. The Morgan fingerprint density at radius 1 is 1.35 bits per heavy atom. The van der Waals surface area contributed by atoms with Gasteiger partial charge in [0.1, 0.15) is 0 Å². The molecule has 0 aromatic carbocycles. The van der Waals surface area contributed by atoms with Crippen molar-refractivity contribution in [3.05, 3.63) is 17.5 Å². The Morgan fingerprint density at radius 2 is 2.17 bits per heavy atom. The second-order valence-corrected chi connectivity index (χ2v) is 5.87. The molecule has 1 aromatic rings. The van der Waals surface area contributed by atoms with E-state index in [1.165, 1.54) is 0 Å². The maximum Gasteiger partial charge on any atom is 0.255 e. The minimum Gasteiger partial charge on any atom is -0.379 e. The number of hydrogen-bond donors (Lipinski definition) is 1. The van der Waals surface area contributed by atoms with E-state index < -0.39 is 0 Å². The number of aromatic nitrogens is 2. The third-order valence-corrected chi connectivity index (χ3v) is 4.22. The standard InChI is InChI=1S/C16H24N4O3/c1-2-14-13(15(21)18-12-4-3-7-23-11-12)10-17-16(19-14)20-5-8-22-9-6-20/h10,12H,2-9,11H2,1H3,(H,18,21)/t12-/m0/s1. The highest BCUT2D eigenvalue weighted by Crippen LogP contribution is 2.15. The Kier molecular flexibility index (Phi) is 5.40. The van der Waals surface area contributed by atoms with Crippen LogP contribution in [0.5, 0.6) is 0 Å². The van der Waals surface area contributed by atoms with Crippen molar-refractivity contribution in [2.24, 2.45) is 0 Å².